The van der Waals surface area contributed by atoms with Crippen molar-refractivity contribution in [3.05, 3.63) is 100 Å². The molecule has 0 fully saturated rings. The maximum atomic E-state index is 13.5. The van der Waals surface area contributed by atoms with Crippen LogP contribution in [0.3, 0.4) is 0 Å². The molecule has 0 aliphatic carbocycles. The number of benzene rings is 3. The Morgan fingerprint density at radius 1 is 0.943 bits per heavy atom. The van der Waals surface area contributed by atoms with Crippen LogP contribution in [0.1, 0.15) is 30.9 Å². The molecule has 0 saturated heterocycles. The van der Waals surface area contributed by atoms with Crippen molar-refractivity contribution in [2.45, 2.75) is 38.8 Å². The van der Waals surface area contributed by atoms with E-state index < -0.39 is 6.04 Å². The zero-order chi connectivity index (χ0) is 25.0. The second kappa shape index (κ2) is 13.8. The first-order chi connectivity index (χ1) is 17.0. The number of halogens is 2. The van der Waals surface area contributed by atoms with Crippen LogP contribution in [0.5, 0.6) is 5.75 Å². The van der Waals surface area contributed by atoms with E-state index in [9.17, 15) is 9.59 Å². The molecule has 0 radical (unpaired) electrons. The molecule has 1 atom stereocenters. The third-order valence-electron chi connectivity index (χ3n) is 5.54. The third kappa shape index (κ3) is 8.30. The summed E-state index contributed by atoms with van der Waals surface area (Å²) < 4.78 is 5.74. The number of rotatable bonds is 12. The van der Waals surface area contributed by atoms with Crippen molar-refractivity contribution < 1.29 is 14.3 Å². The molecule has 3 rings (SSSR count). The Kier molecular flexibility index (Phi) is 10.5. The molecule has 0 bridgehead atoms. The maximum absolute atomic E-state index is 13.5. The van der Waals surface area contributed by atoms with Gasteiger partial charge in [-0.15, -0.1) is 0 Å². The SMILES string of the molecule is CCNC(=O)[C@H](Cc1ccccc1)N(Cc1ccccc1Cl)C(=O)CCCOc1ccc(Cl)cc1. The summed E-state index contributed by atoms with van der Waals surface area (Å²) in [7, 11) is 0. The van der Waals surface area contributed by atoms with E-state index in [-0.39, 0.29) is 24.8 Å². The summed E-state index contributed by atoms with van der Waals surface area (Å²) >= 11 is 12.3. The van der Waals surface area contributed by atoms with Gasteiger partial charge in [-0.3, -0.25) is 9.59 Å². The lowest BCUT2D eigenvalue weighted by molar-refractivity contribution is -0.141. The Morgan fingerprint density at radius 2 is 1.63 bits per heavy atom. The largest absolute Gasteiger partial charge is 0.494 e. The molecule has 3 aromatic rings. The zero-order valence-corrected chi connectivity index (χ0v) is 21.3. The van der Waals surface area contributed by atoms with Gasteiger partial charge in [-0.25, -0.2) is 0 Å². The monoisotopic (exact) mass is 512 g/mol. The van der Waals surface area contributed by atoms with E-state index in [1.807, 2.05) is 55.5 Å². The normalized spacial score (nSPS) is 11.5. The summed E-state index contributed by atoms with van der Waals surface area (Å²) in [4.78, 5) is 28.3. The van der Waals surface area contributed by atoms with Crippen molar-refractivity contribution in [2.75, 3.05) is 13.2 Å². The number of carbonyl (C=O) groups is 2. The van der Waals surface area contributed by atoms with E-state index in [0.29, 0.717) is 41.8 Å². The second-order valence-corrected chi connectivity index (χ2v) is 8.96. The van der Waals surface area contributed by atoms with Gasteiger partial charge in [0.05, 0.1) is 6.61 Å². The van der Waals surface area contributed by atoms with E-state index in [1.165, 1.54) is 0 Å². The summed E-state index contributed by atoms with van der Waals surface area (Å²) in [6.07, 6.45) is 1.15. The number of likely N-dealkylation sites (N-methyl/N-ethyl adjacent to an activating group) is 1. The van der Waals surface area contributed by atoms with Gasteiger partial charge in [-0.2, -0.15) is 0 Å². The number of amides is 2. The summed E-state index contributed by atoms with van der Waals surface area (Å²) in [5.41, 5.74) is 1.77. The lowest BCUT2D eigenvalue weighted by Crippen LogP contribution is -2.50. The lowest BCUT2D eigenvalue weighted by atomic mass is 10.0. The van der Waals surface area contributed by atoms with Gasteiger partial charge in [0.2, 0.25) is 11.8 Å². The van der Waals surface area contributed by atoms with Crippen LogP contribution >= 0.6 is 23.2 Å². The minimum atomic E-state index is -0.668. The predicted octanol–water partition coefficient (Wildman–Crippen LogP) is 5.93. The van der Waals surface area contributed by atoms with Gasteiger partial charge in [0.15, 0.2) is 0 Å². The molecule has 0 heterocycles. The van der Waals surface area contributed by atoms with Gasteiger partial charge < -0.3 is 15.0 Å². The first-order valence-corrected chi connectivity index (χ1v) is 12.5. The predicted molar refractivity (Wildman–Crippen MR) is 141 cm³/mol. The van der Waals surface area contributed by atoms with E-state index in [2.05, 4.69) is 5.32 Å². The quantitative estimate of drug-likeness (QED) is 0.306. The summed E-state index contributed by atoms with van der Waals surface area (Å²) in [5.74, 6) is 0.380. The van der Waals surface area contributed by atoms with Crippen LogP contribution < -0.4 is 10.1 Å². The van der Waals surface area contributed by atoms with Crippen LogP contribution in [0.25, 0.3) is 0 Å². The number of hydrogen-bond acceptors (Lipinski definition) is 3. The van der Waals surface area contributed by atoms with E-state index in [0.717, 1.165) is 11.1 Å². The molecule has 184 valence electrons. The maximum Gasteiger partial charge on any atom is 0.243 e. The molecule has 0 unspecified atom stereocenters. The Morgan fingerprint density at radius 3 is 2.31 bits per heavy atom. The molecule has 0 spiro atoms. The van der Waals surface area contributed by atoms with E-state index in [1.54, 1.807) is 35.2 Å². The fraction of sp³-hybridized carbons (Fsp3) is 0.286. The topological polar surface area (TPSA) is 58.6 Å². The van der Waals surface area contributed by atoms with Crippen molar-refractivity contribution in [1.82, 2.24) is 10.2 Å². The van der Waals surface area contributed by atoms with Crippen LogP contribution in [0, 0.1) is 0 Å². The molecule has 0 aromatic heterocycles. The molecule has 35 heavy (non-hydrogen) atoms. The molecule has 0 aliphatic heterocycles. The van der Waals surface area contributed by atoms with Crippen molar-refractivity contribution in [1.29, 1.82) is 0 Å². The summed E-state index contributed by atoms with van der Waals surface area (Å²) in [5, 5.41) is 4.09. The Bertz CT molecular complexity index is 1090. The first kappa shape index (κ1) is 26.6. The van der Waals surface area contributed by atoms with Crippen molar-refractivity contribution in [3.63, 3.8) is 0 Å². The smallest absolute Gasteiger partial charge is 0.243 e. The number of hydrogen-bond donors (Lipinski definition) is 1. The molecular weight excluding hydrogens is 483 g/mol. The van der Waals surface area contributed by atoms with Crippen molar-refractivity contribution in [2.24, 2.45) is 0 Å². The molecule has 2 amide bonds. The van der Waals surface area contributed by atoms with Crippen LogP contribution in [0.4, 0.5) is 0 Å². The van der Waals surface area contributed by atoms with Crippen molar-refractivity contribution >= 4 is 35.0 Å². The summed E-state index contributed by atoms with van der Waals surface area (Å²) in [6.45, 7) is 2.96. The van der Waals surface area contributed by atoms with Crippen LogP contribution in [-0.4, -0.2) is 35.9 Å². The van der Waals surface area contributed by atoms with E-state index in [4.69, 9.17) is 27.9 Å². The minimum Gasteiger partial charge on any atom is -0.494 e. The average Bonchev–Trinajstić information content (AvgIpc) is 2.86. The fourth-order valence-corrected chi connectivity index (χ4v) is 4.07. The number of ether oxygens (including phenoxy) is 1. The molecule has 5 nitrogen and oxygen atoms in total. The summed E-state index contributed by atoms with van der Waals surface area (Å²) in [6, 6.07) is 23.5. The van der Waals surface area contributed by atoms with Crippen LogP contribution in [0.2, 0.25) is 10.0 Å². The molecule has 3 aromatic carbocycles. The van der Waals surface area contributed by atoms with Gasteiger partial charge in [0, 0.05) is 36.0 Å². The highest BCUT2D eigenvalue weighted by Crippen LogP contribution is 2.22. The van der Waals surface area contributed by atoms with E-state index >= 15 is 0 Å². The highest BCUT2D eigenvalue weighted by atomic mass is 35.5. The first-order valence-electron chi connectivity index (χ1n) is 11.7. The molecule has 0 saturated carbocycles. The van der Waals surface area contributed by atoms with Gasteiger partial charge in [0.1, 0.15) is 11.8 Å². The van der Waals surface area contributed by atoms with Crippen LogP contribution in [-0.2, 0) is 22.6 Å². The zero-order valence-electron chi connectivity index (χ0n) is 19.8. The van der Waals surface area contributed by atoms with Crippen molar-refractivity contribution in [3.8, 4) is 5.75 Å². The number of carbonyl (C=O) groups excluding carboxylic acids is 2. The van der Waals surface area contributed by atoms with Gasteiger partial charge >= 0.3 is 0 Å². The van der Waals surface area contributed by atoms with Crippen LogP contribution in [0.15, 0.2) is 78.9 Å². The van der Waals surface area contributed by atoms with Gasteiger partial charge in [0.25, 0.3) is 0 Å². The molecular formula is C28H30Cl2N2O3. The third-order valence-corrected chi connectivity index (χ3v) is 6.16. The molecule has 1 N–H and O–H groups in total. The number of nitrogens with zero attached hydrogens (tertiary/aromatic N) is 1. The fourth-order valence-electron chi connectivity index (χ4n) is 3.74. The highest BCUT2D eigenvalue weighted by molar-refractivity contribution is 6.31. The lowest BCUT2D eigenvalue weighted by Gasteiger charge is -2.32. The Balaban J connectivity index is 1.77. The molecule has 0 aliphatic rings. The van der Waals surface area contributed by atoms with Gasteiger partial charge in [-0.1, -0.05) is 71.7 Å². The highest BCUT2D eigenvalue weighted by Gasteiger charge is 2.30. The van der Waals surface area contributed by atoms with Gasteiger partial charge in [-0.05, 0) is 54.8 Å². The second-order valence-electron chi connectivity index (χ2n) is 8.12. The Labute approximate surface area is 217 Å². The standard InChI is InChI=1S/C28H30Cl2N2O3/c1-2-31-28(34)26(19-21-9-4-3-5-10-21)32(20-22-11-6-7-12-25(22)30)27(33)13-8-18-35-24-16-14-23(29)15-17-24/h3-7,9-12,14-17,26H,2,8,13,18-20H2,1H3,(H,31,34)/t26-/m0/s1. The minimum absolute atomic E-state index is 0.128. The number of nitrogens with one attached hydrogen (secondary N) is 1. The Hall–Kier alpha value is -3.02. The average molecular weight is 513 g/mol. The molecule has 7 heteroatoms.